The van der Waals surface area contributed by atoms with Crippen LogP contribution in [0.5, 0.6) is 0 Å². The average molecular weight is 352 g/mol. The topological polar surface area (TPSA) is 82.5 Å². The fraction of sp³-hybridized carbons (Fsp3) is 0.333. The third-order valence-electron chi connectivity index (χ3n) is 4.18. The zero-order valence-electron chi connectivity index (χ0n) is 14.5. The van der Waals surface area contributed by atoms with Crippen LogP contribution in [0.4, 0.5) is 5.82 Å². The number of fused-ring (bicyclic) bond motifs is 2. The molecule has 25 heavy (non-hydrogen) atoms. The summed E-state index contributed by atoms with van der Waals surface area (Å²) in [6.07, 6.45) is 3.61. The molecule has 128 valence electrons. The van der Waals surface area contributed by atoms with Crippen molar-refractivity contribution in [1.82, 2.24) is 24.7 Å². The van der Waals surface area contributed by atoms with E-state index >= 15 is 0 Å². The lowest BCUT2D eigenvalue weighted by atomic mass is 10.1. The summed E-state index contributed by atoms with van der Waals surface area (Å²) in [5.74, 6) is 0.461. The lowest BCUT2D eigenvalue weighted by molar-refractivity contribution is 0.548. The third kappa shape index (κ3) is 2.64. The van der Waals surface area contributed by atoms with Gasteiger partial charge in [0, 0.05) is 11.6 Å². The Morgan fingerprint density at radius 2 is 2.08 bits per heavy atom. The molecule has 0 aliphatic rings. The van der Waals surface area contributed by atoms with Crippen molar-refractivity contribution in [2.24, 2.45) is 0 Å². The summed E-state index contributed by atoms with van der Waals surface area (Å²) in [5, 5.41) is 6.78. The number of thiazole rings is 1. The fourth-order valence-corrected chi connectivity index (χ4v) is 4.11. The van der Waals surface area contributed by atoms with Crippen LogP contribution in [-0.2, 0) is 6.42 Å². The summed E-state index contributed by atoms with van der Waals surface area (Å²) in [5.41, 5.74) is 9.80. The number of rotatable bonds is 4. The predicted octanol–water partition coefficient (Wildman–Crippen LogP) is 4.22. The maximum absolute atomic E-state index is 6.15. The standard InChI is InChI=1S/C18H20N6S/c1-4-5-14-22-12-7-6-11(8-13(12)25-14)16-15-17(19)20-9-21-18(15)24(23-16)10(2)3/h6-10H,4-5H2,1-3H3,(H2,19,20,21). The van der Waals surface area contributed by atoms with Crippen LogP contribution in [0.2, 0.25) is 0 Å². The second-order valence-corrected chi connectivity index (χ2v) is 7.50. The van der Waals surface area contributed by atoms with Gasteiger partial charge in [0.1, 0.15) is 17.8 Å². The molecule has 7 heteroatoms. The average Bonchev–Trinajstić information content (AvgIpc) is 3.16. The Balaban J connectivity index is 1.93. The van der Waals surface area contributed by atoms with E-state index in [1.807, 2.05) is 4.68 Å². The van der Waals surface area contributed by atoms with E-state index in [4.69, 9.17) is 15.8 Å². The number of nitrogens with two attached hydrogens (primary N) is 1. The number of hydrogen-bond acceptors (Lipinski definition) is 6. The van der Waals surface area contributed by atoms with Crippen molar-refractivity contribution in [3.8, 4) is 11.3 Å². The van der Waals surface area contributed by atoms with Crippen molar-refractivity contribution < 1.29 is 0 Å². The highest BCUT2D eigenvalue weighted by molar-refractivity contribution is 7.18. The van der Waals surface area contributed by atoms with Crippen LogP contribution in [0.15, 0.2) is 24.5 Å². The number of hydrogen-bond donors (Lipinski definition) is 1. The number of anilines is 1. The molecule has 4 aromatic rings. The first-order chi connectivity index (χ1) is 12.1. The van der Waals surface area contributed by atoms with E-state index in [9.17, 15) is 0 Å². The molecule has 6 nitrogen and oxygen atoms in total. The Hall–Kier alpha value is -2.54. The summed E-state index contributed by atoms with van der Waals surface area (Å²) in [7, 11) is 0. The maximum Gasteiger partial charge on any atom is 0.164 e. The molecule has 3 heterocycles. The molecule has 0 radical (unpaired) electrons. The lowest BCUT2D eigenvalue weighted by Gasteiger charge is -2.05. The Labute approximate surface area is 149 Å². The molecule has 3 aromatic heterocycles. The molecule has 1 aromatic carbocycles. The molecular formula is C18H20N6S. The van der Waals surface area contributed by atoms with Gasteiger partial charge in [-0.2, -0.15) is 5.10 Å². The summed E-state index contributed by atoms with van der Waals surface area (Å²) in [6, 6.07) is 6.44. The molecule has 4 rings (SSSR count). The second-order valence-electron chi connectivity index (χ2n) is 6.38. The van der Waals surface area contributed by atoms with Gasteiger partial charge in [-0.15, -0.1) is 11.3 Å². The number of benzene rings is 1. The summed E-state index contributed by atoms with van der Waals surface area (Å²) in [4.78, 5) is 13.3. The van der Waals surface area contributed by atoms with Crippen molar-refractivity contribution in [3.63, 3.8) is 0 Å². The van der Waals surface area contributed by atoms with E-state index in [1.54, 1.807) is 11.3 Å². The van der Waals surface area contributed by atoms with Gasteiger partial charge >= 0.3 is 0 Å². The largest absolute Gasteiger partial charge is 0.383 e. The van der Waals surface area contributed by atoms with Gasteiger partial charge < -0.3 is 5.73 Å². The van der Waals surface area contributed by atoms with Crippen LogP contribution in [0.1, 0.15) is 38.2 Å². The molecule has 0 unspecified atom stereocenters. The van der Waals surface area contributed by atoms with Crippen LogP contribution in [-0.4, -0.2) is 24.7 Å². The maximum atomic E-state index is 6.15. The SMILES string of the molecule is CCCc1nc2ccc(-c3nn(C(C)C)c4ncnc(N)c34)cc2s1. The first-order valence-electron chi connectivity index (χ1n) is 8.47. The van der Waals surface area contributed by atoms with E-state index in [-0.39, 0.29) is 6.04 Å². The molecule has 0 saturated carbocycles. The van der Waals surface area contributed by atoms with Crippen molar-refractivity contribution in [3.05, 3.63) is 29.5 Å². The Kier molecular flexibility index (Phi) is 3.88. The van der Waals surface area contributed by atoms with Gasteiger partial charge in [0.05, 0.1) is 20.6 Å². The first-order valence-corrected chi connectivity index (χ1v) is 9.28. The normalized spacial score (nSPS) is 11.8. The molecule has 0 aliphatic carbocycles. The second kappa shape index (κ2) is 6.07. The van der Waals surface area contributed by atoms with Gasteiger partial charge in [0.2, 0.25) is 0 Å². The van der Waals surface area contributed by atoms with Crippen molar-refractivity contribution in [2.45, 2.75) is 39.7 Å². The molecule has 0 bridgehead atoms. The van der Waals surface area contributed by atoms with E-state index in [1.165, 1.54) is 16.0 Å². The first kappa shape index (κ1) is 16.0. The quantitative estimate of drug-likeness (QED) is 0.594. The van der Waals surface area contributed by atoms with Gasteiger partial charge in [-0.3, -0.25) is 0 Å². The van der Waals surface area contributed by atoms with Crippen LogP contribution >= 0.6 is 11.3 Å². The van der Waals surface area contributed by atoms with E-state index in [0.29, 0.717) is 5.82 Å². The molecule has 0 amide bonds. The van der Waals surface area contributed by atoms with Crippen molar-refractivity contribution >= 4 is 38.4 Å². The molecule has 0 saturated heterocycles. The van der Waals surface area contributed by atoms with Gasteiger partial charge in [0.15, 0.2) is 5.65 Å². The highest BCUT2D eigenvalue weighted by Crippen LogP contribution is 2.34. The summed E-state index contributed by atoms with van der Waals surface area (Å²) in [6.45, 7) is 6.33. The van der Waals surface area contributed by atoms with Crippen molar-refractivity contribution in [2.75, 3.05) is 5.73 Å². The van der Waals surface area contributed by atoms with Gasteiger partial charge in [-0.05, 0) is 38.8 Å². The number of aryl methyl sites for hydroxylation is 1. The third-order valence-corrected chi connectivity index (χ3v) is 5.26. The molecule has 2 N–H and O–H groups in total. The Bertz CT molecular complexity index is 1060. The summed E-state index contributed by atoms with van der Waals surface area (Å²) >= 11 is 1.75. The molecule has 0 aliphatic heterocycles. The van der Waals surface area contributed by atoms with Gasteiger partial charge in [-0.25, -0.2) is 19.6 Å². The lowest BCUT2D eigenvalue weighted by Crippen LogP contribution is -2.04. The molecule has 0 atom stereocenters. The van der Waals surface area contributed by atoms with E-state index < -0.39 is 0 Å². The smallest absolute Gasteiger partial charge is 0.164 e. The van der Waals surface area contributed by atoms with Crippen LogP contribution < -0.4 is 5.73 Å². The van der Waals surface area contributed by atoms with Gasteiger partial charge in [-0.1, -0.05) is 13.0 Å². The van der Waals surface area contributed by atoms with Crippen molar-refractivity contribution in [1.29, 1.82) is 0 Å². The molecular weight excluding hydrogens is 332 g/mol. The molecule has 0 spiro atoms. The van der Waals surface area contributed by atoms with Crippen LogP contribution in [0.25, 0.3) is 32.5 Å². The minimum Gasteiger partial charge on any atom is -0.383 e. The Morgan fingerprint density at radius 3 is 2.84 bits per heavy atom. The number of nitrogens with zero attached hydrogens (tertiary/aromatic N) is 5. The van der Waals surface area contributed by atoms with E-state index in [0.717, 1.165) is 40.6 Å². The fourth-order valence-electron chi connectivity index (χ4n) is 3.00. The molecule has 0 fully saturated rings. The van der Waals surface area contributed by atoms with Crippen LogP contribution in [0, 0.1) is 0 Å². The number of nitrogen functional groups attached to an aromatic ring is 1. The summed E-state index contributed by atoms with van der Waals surface area (Å²) < 4.78 is 3.07. The minimum atomic E-state index is 0.189. The Morgan fingerprint density at radius 1 is 1.24 bits per heavy atom. The van der Waals surface area contributed by atoms with E-state index in [2.05, 4.69) is 48.9 Å². The predicted molar refractivity (Wildman–Crippen MR) is 103 cm³/mol. The minimum absolute atomic E-state index is 0.189. The van der Waals surface area contributed by atoms with Gasteiger partial charge in [0.25, 0.3) is 0 Å². The monoisotopic (exact) mass is 352 g/mol. The number of aromatic nitrogens is 5. The zero-order chi connectivity index (χ0) is 17.6. The highest BCUT2D eigenvalue weighted by Gasteiger charge is 2.19. The zero-order valence-corrected chi connectivity index (χ0v) is 15.3. The van der Waals surface area contributed by atoms with Crippen LogP contribution in [0.3, 0.4) is 0 Å². The highest BCUT2D eigenvalue weighted by atomic mass is 32.1.